The second kappa shape index (κ2) is 4.09. The Morgan fingerprint density at radius 2 is 2.06 bits per heavy atom. The lowest BCUT2D eigenvalue weighted by Gasteiger charge is -2.15. The second-order valence-electron chi connectivity index (χ2n) is 3.17. The van der Waals surface area contributed by atoms with Gasteiger partial charge in [0.15, 0.2) is 0 Å². The number of halogens is 1. The third kappa shape index (κ3) is 1.90. The molecule has 0 saturated carbocycles. The zero-order valence-electron chi connectivity index (χ0n) is 8.51. The smallest absolute Gasteiger partial charge is 0.295 e. The molecule has 6 heteroatoms. The van der Waals surface area contributed by atoms with Crippen molar-refractivity contribution in [3.63, 3.8) is 0 Å². The van der Waals surface area contributed by atoms with Crippen LogP contribution in [0, 0.1) is 5.82 Å². The molecule has 1 heterocycles. The predicted molar refractivity (Wildman–Crippen MR) is 55.5 cm³/mol. The number of amides is 1. The molecule has 0 fully saturated rings. The first-order valence-electron chi connectivity index (χ1n) is 4.57. The Morgan fingerprint density at radius 3 is 2.62 bits per heavy atom. The number of hydrogen-bond acceptors (Lipinski definition) is 3. The Morgan fingerprint density at radius 1 is 1.38 bits per heavy atom. The van der Waals surface area contributed by atoms with Gasteiger partial charge >= 0.3 is 0 Å². The zero-order valence-corrected chi connectivity index (χ0v) is 8.51. The molecule has 2 aromatic rings. The third-order valence-electron chi connectivity index (χ3n) is 2.14. The molecule has 5 nitrogen and oxygen atoms in total. The molecule has 0 radical (unpaired) electrons. The molecule has 16 heavy (non-hydrogen) atoms. The molecular weight excluding hydrogens is 211 g/mol. The highest BCUT2D eigenvalue weighted by atomic mass is 19.1. The average Bonchev–Trinajstić information content (AvgIpc) is 2.81. The van der Waals surface area contributed by atoms with Gasteiger partial charge in [0, 0.05) is 12.7 Å². The minimum atomic E-state index is -0.343. The summed E-state index contributed by atoms with van der Waals surface area (Å²) < 4.78 is 12.7. The lowest BCUT2D eigenvalue weighted by atomic mass is 10.3. The summed E-state index contributed by atoms with van der Waals surface area (Å²) in [6.07, 6.45) is 1.26. The highest BCUT2D eigenvalue weighted by Crippen LogP contribution is 2.14. The van der Waals surface area contributed by atoms with E-state index in [1.54, 1.807) is 7.05 Å². The summed E-state index contributed by atoms with van der Waals surface area (Å²) >= 11 is 0. The SMILES string of the molecule is CN(C(=O)c1ncn[nH]1)c1ccc(F)cc1. The van der Waals surface area contributed by atoms with Crippen LogP contribution in [-0.4, -0.2) is 28.1 Å². The fourth-order valence-corrected chi connectivity index (χ4v) is 1.25. The van der Waals surface area contributed by atoms with E-state index in [0.717, 1.165) is 0 Å². The molecule has 0 aliphatic carbocycles. The molecule has 1 aromatic carbocycles. The van der Waals surface area contributed by atoms with Crippen molar-refractivity contribution < 1.29 is 9.18 Å². The van der Waals surface area contributed by atoms with Crippen molar-refractivity contribution in [1.29, 1.82) is 0 Å². The minimum absolute atomic E-state index is 0.145. The van der Waals surface area contributed by atoms with Gasteiger partial charge in [-0.25, -0.2) is 9.37 Å². The number of nitrogens with one attached hydrogen (secondary N) is 1. The molecule has 82 valence electrons. The number of anilines is 1. The maximum absolute atomic E-state index is 12.7. The first-order valence-corrected chi connectivity index (χ1v) is 4.57. The van der Waals surface area contributed by atoms with Crippen LogP contribution in [0.4, 0.5) is 10.1 Å². The van der Waals surface area contributed by atoms with Crippen LogP contribution < -0.4 is 4.90 Å². The van der Waals surface area contributed by atoms with E-state index < -0.39 is 0 Å². The maximum atomic E-state index is 12.7. The first-order chi connectivity index (χ1) is 7.68. The van der Waals surface area contributed by atoms with Gasteiger partial charge in [0.25, 0.3) is 5.91 Å². The summed E-state index contributed by atoms with van der Waals surface area (Å²) in [5, 5.41) is 6.06. The highest BCUT2D eigenvalue weighted by molar-refractivity contribution is 6.02. The van der Waals surface area contributed by atoms with Crippen molar-refractivity contribution in [1.82, 2.24) is 15.2 Å². The van der Waals surface area contributed by atoms with Gasteiger partial charge in [-0.15, -0.1) is 0 Å². The number of hydrogen-bond donors (Lipinski definition) is 1. The molecular formula is C10H9FN4O. The number of aromatic amines is 1. The standard InChI is InChI=1S/C10H9FN4O/c1-15(8-4-2-7(11)3-5-8)10(16)9-12-6-13-14-9/h2-6H,1H3,(H,12,13,14). The molecule has 1 amide bonds. The van der Waals surface area contributed by atoms with Gasteiger partial charge in [0.1, 0.15) is 12.1 Å². The van der Waals surface area contributed by atoms with E-state index in [9.17, 15) is 9.18 Å². The number of rotatable bonds is 2. The van der Waals surface area contributed by atoms with Gasteiger partial charge in [-0.1, -0.05) is 0 Å². The fraction of sp³-hybridized carbons (Fsp3) is 0.100. The van der Waals surface area contributed by atoms with E-state index in [1.165, 1.54) is 35.5 Å². The Kier molecular flexibility index (Phi) is 2.63. The second-order valence-corrected chi connectivity index (χ2v) is 3.17. The zero-order chi connectivity index (χ0) is 11.5. The number of H-pyrrole nitrogens is 1. The summed E-state index contributed by atoms with van der Waals surface area (Å²) in [5.41, 5.74) is 0.586. The summed E-state index contributed by atoms with van der Waals surface area (Å²) in [6.45, 7) is 0. The van der Waals surface area contributed by atoms with Gasteiger partial charge in [-0.3, -0.25) is 9.89 Å². The average molecular weight is 220 g/mol. The Hall–Kier alpha value is -2.24. The number of carbonyl (C=O) groups excluding carboxylic acids is 1. The Labute approximate surface area is 90.9 Å². The molecule has 0 aliphatic rings. The summed E-state index contributed by atoms with van der Waals surface area (Å²) in [4.78, 5) is 16.9. The van der Waals surface area contributed by atoms with Crippen molar-refractivity contribution in [3.05, 3.63) is 42.2 Å². The van der Waals surface area contributed by atoms with Gasteiger partial charge in [-0.2, -0.15) is 5.10 Å². The van der Waals surface area contributed by atoms with Crippen LogP contribution in [0.3, 0.4) is 0 Å². The predicted octanol–water partition coefficient (Wildman–Crippen LogP) is 1.22. The monoisotopic (exact) mass is 220 g/mol. The maximum Gasteiger partial charge on any atom is 0.295 e. The quantitative estimate of drug-likeness (QED) is 0.827. The highest BCUT2D eigenvalue weighted by Gasteiger charge is 2.15. The van der Waals surface area contributed by atoms with Crippen LogP contribution in [0.15, 0.2) is 30.6 Å². The molecule has 0 unspecified atom stereocenters. The molecule has 1 aromatic heterocycles. The summed E-state index contributed by atoms with van der Waals surface area (Å²) in [6, 6.07) is 5.62. The van der Waals surface area contributed by atoms with Gasteiger partial charge in [0.2, 0.25) is 5.82 Å². The van der Waals surface area contributed by atoms with Crippen LogP contribution in [0.2, 0.25) is 0 Å². The minimum Gasteiger partial charge on any atom is -0.309 e. The van der Waals surface area contributed by atoms with Crippen LogP contribution in [0.5, 0.6) is 0 Å². The topological polar surface area (TPSA) is 61.9 Å². The number of nitrogens with zero attached hydrogens (tertiary/aromatic N) is 3. The largest absolute Gasteiger partial charge is 0.309 e. The van der Waals surface area contributed by atoms with Crippen LogP contribution in [0.1, 0.15) is 10.6 Å². The van der Waals surface area contributed by atoms with Crippen LogP contribution >= 0.6 is 0 Å². The van der Waals surface area contributed by atoms with Crippen LogP contribution in [-0.2, 0) is 0 Å². The Balaban J connectivity index is 2.22. The van der Waals surface area contributed by atoms with Crippen LogP contribution in [0.25, 0.3) is 0 Å². The molecule has 2 rings (SSSR count). The van der Waals surface area contributed by atoms with Gasteiger partial charge in [0.05, 0.1) is 0 Å². The van der Waals surface area contributed by atoms with Gasteiger partial charge in [-0.05, 0) is 24.3 Å². The van der Waals surface area contributed by atoms with E-state index in [0.29, 0.717) is 5.69 Å². The van der Waals surface area contributed by atoms with Crippen molar-refractivity contribution in [2.24, 2.45) is 0 Å². The summed E-state index contributed by atoms with van der Waals surface area (Å²) in [7, 11) is 1.58. The first kappa shape index (κ1) is 10.3. The van der Waals surface area contributed by atoms with E-state index >= 15 is 0 Å². The lowest BCUT2D eigenvalue weighted by molar-refractivity contribution is 0.0983. The van der Waals surface area contributed by atoms with E-state index in [2.05, 4.69) is 15.2 Å². The molecule has 1 N–H and O–H groups in total. The molecule has 0 spiro atoms. The fourth-order valence-electron chi connectivity index (χ4n) is 1.25. The molecule has 0 atom stereocenters. The molecule has 0 aliphatic heterocycles. The van der Waals surface area contributed by atoms with E-state index in [-0.39, 0.29) is 17.5 Å². The summed E-state index contributed by atoms with van der Waals surface area (Å²) in [5.74, 6) is -0.528. The van der Waals surface area contributed by atoms with E-state index in [1.807, 2.05) is 0 Å². The normalized spacial score (nSPS) is 10.1. The number of carbonyl (C=O) groups is 1. The van der Waals surface area contributed by atoms with Gasteiger partial charge < -0.3 is 4.90 Å². The molecule has 0 saturated heterocycles. The number of aromatic nitrogens is 3. The molecule has 0 bridgehead atoms. The van der Waals surface area contributed by atoms with Crippen molar-refractivity contribution in [2.45, 2.75) is 0 Å². The third-order valence-corrected chi connectivity index (χ3v) is 2.14. The van der Waals surface area contributed by atoms with Crippen molar-refractivity contribution in [3.8, 4) is 0 Å². The van der Waals surface area contributed by atoms with Crippen molar-refractivity contribution >= 4 is 11.6 Å². The number of benzene rings is 1. The van der Waals surface area contributed by atoms with Crippen molar-refractivity contribution in [2.75, 3.05) is 11.9 Å². The lowest BCUT2D eigenvalue weighted by Crippen LogP contribution is -2.27. The Bertz CT molecular complexity index is 480. The van der Waals surface area contributed by atoms with E-state index in [4.69, 9.17) is 0 Å².